The molecule has 1 aliphatic rings. The van der Waals surface area contributed by atoms with Crippen LogP contribution in [0.25, 0.3) is 5.57 Å². The summed E-state index contributed by atoms with van der Waals surface area (Å²) in [6.45, 7) is 6.85. The fourth-order valence-corrected chi connectivity index (χ4v) is 2.29. The van der Waals surface area contributed by atoms with E-state index < -0.39 is 0 Å². The van der Waals surface area contributed by atoms with Crippen LogP contribution in [0.3, 0.4) is 0 Å². The van der Waals surface area contributed by atoms with Crippen molar-refractivity contribution in [2.75, 3.05) is 0 Å². The van der Waals surface area contributed by atoms with Gasteiger partial charge in [0.1, 0.15) is 0 Å². The monoisotopic (exact) mass is 212 g/mol. The average molecular weight is 212 g/mol. The van der Waals surface area contributed by atoms with Crippen LogP contribution >= 0.6 is 0 Å². The summed E-state index contributed by atoms with van der Waals surface area (Å²) in [5.74, 6) is 1.29. The lowest BCUT2D eigenvalue weighted by Crippen LogP contribution is -2.06. The molecule has 1 aromatic carbocycles. The summed E-state index contributed by atoms with van der Waals surface area (Å²) >= 11 is 0. The smallest absolute Gasteiger partial charge is 0.0184 e. The van der Waals surface area contributed by atoms with Crippen molar-refractivity contribution in [2.24, 2.45) is 11.8 Å². The van der Waals surface area contributed by atoms with E-state index in [1.54, 1.807) is 0 Å². The van der Waals surface area contributed by atoms with Crippen LogP contribution in [0.5, 0.6) is 0 Å². The molecule has 16 heavy (non-hydrogen) atoms. The van der Waals surface area contributed by atoms with E-state index in [9.17, 15) is 0 Å². The first-order valence-corrected chi connectivity index (χ1v) is 6.16. The fraction of sp³-hybridized carbons (Fsp3) is 0.375. The van der Waals surface area contributed by atoms with Gasteiger partial charge in [-0.05, 0) is 35.0 Å². The van der Waals surface area contributed by atoms with Gasteiger partial charge in [-0.15, -0.1) is 0 Å². The minimum Gasteiger partial charge on any atom is -0.0773 e. The highest BCUT2D eigenvalue weighted by molar-refractivity contribution is 5.80. The van der Waals surface area contributed by atoms with Gasteiger partial charge in [-0.2, -0.15) is 0 Å². The van der Waals surface area contributed by atoms with Crippen LogP contribution < -0.4 is 0 Å². The molecular weight excluding hydrogens is 192 g/mol. The Hall–Kier alpha value is -1.30. The van der Waals surface area contributed by atoms with Crippen LogP contribution in [-0.4, -0.2) is 0 Å². The number of allylic oxidation sites excluding steroid dienone is 4. The van der Waals surface area contributed by atoms with Crippen LogP contribution in [0.15, 0.2) is 48.1 Å². The van der Waals surface area contributed by atoms with E-state index >= 15 is 0 Å². The van der Waals surface area contributed by atoms with Crippen molar-refractivity contribution in [3.05, 3.63) is 53.6 Å². The quantitative estimate of drug-likeness (QED) is 0.667. The first-order valence-electron chi connectivity index (χ1n) is 6.16. The molecule has 0 aliphatic heterocycles. The Balaban J connectivity index is 2.38. The van der Waals surface area contributed by atoms with Crippen molar-refractivity contribution in [1.82, 2.24) is 0 Å². The van der Waals surface area contributed by atoms with Gasteiger partial charge in [-0.25, -0.2) is 0 Å². The third kappa shape index (κ3) is 2.27. The van der Waals surface area contributed by atoms with Crippen molar-refractivity contribution < 1.29 is 0 Å². The minimum absolute atomic E-state index is 0.606. The van der Waals surface area contributed by atoms with Gasteiger partial charge in [-0.1, -0.05) is 63.3 Å². The molecule has 0 radical (unpaired) electrons. The molecule has 2 rings (SSSR count). The van der Waals surface area contributed by atoms with Crippen molar-refractivity contribution in [1.29, 1.82) is 0 Å². The molecule has 0 saturated heterocycles. The summed E-state index contributed by atoms with van der Waals surface area (Å²) in [6, 6.07) is 10.7. The topological polar surface area (TPSA) is 0 Å². The first kappa shape index (κ1) is 11.2. The molecule has 0 fully saturated rings. The van der Waals surface area contributed by atoms with E-state index in [0.717, 1.165) is 0 Å². The molecular formula is C16H20. The lowest BCUT2D eigenvalue weighted by Gasteiger charge is -2.22. The summed E-state index contributed by atoms with van der Waals surface area (Å²) in [6.07, 6.45) is 6.00. The molecule has 1 aliphatic carbocycles. The number of benzene rings is 1. The Labute approximate surface area is 98.7 Å². The minimum atomic E-state index is 0.606. The molecule has 1 atom stereocenters. The third-order valence-corrected chi connectivity index (χ3v) is 3.18. The second-order valence-corrected chi connectivity index (χ2v) is 4.97. The van der Waals surface area contributed by atoms with Gasteiger partial charge in [0.2, 0.25) is 0 Å². The molecule has 0 spiro atoms. The Bertz CT molecular complexity index is 407. The summed E-state index contributed by atoms with van der Waals surface area (Å²) < 4.78 is 0. The third-order valence-electron chi connectivity index (χ3n) is 3.18. The van der Waals surface area contributed by atoms with Crippen LogP contribution in [-0.2, 0) is 0 Å². The summed E-state index contributed by atoms with van der Waals surface area (Å²) in [7, 11) is 0. The molecule has 0 amide bonds. The van der Waals surface area contributed by atoms with Gasteiger partial charge in [0.25, 0.3) is 0 Å². The van der Waals surface area contributed by atoms with Crippen LogP contribution in [0.4, 0.5) is 0 Å². The van der Waals surface area contributed by atoms with Crippen molar-refractivity contribution in [3.63, 3.8) is 0 Å². The Morgan fingerprint density at radius 2 is 1.81 bits per heavy atom. The number of hydrogen-bond donors (Lipinski definition) is 0. The van der Waals surface area contributed by atoms with Gasteiger partial charge in [0, 0.05) is 0 Å². The predicted molar refractivity (Wildman–Crippen MR) is 71.1 cm³/mol. The highest BCUT2D eigenvalue weighted by Crippen LogP contribution is 2.34. The van der Waals surface area contributed by atoms with E-state index in [-0.39, 0.29) is 0 Å². The zero-order valence-electron chi connectivity index (χ0n) is 10.4. The second kappa shape index (κ2) is 4.69. The van der Waals surface area contributed by atoms with E-state index in [1.165, 1.54) is 23.1 Å². The molecule has 0 heteroatoms. The highest BCUT2D eigenvalue weighted by atomic mass is 14.2. The maximum absolute atomic E-state index is 2.44. The van der Waals surface area contributed by atoms with Crippen molar-refractivity contribution in [2.45, 2.75) is 27.2 Å². The molecule has 1 aromatic rings. The predicted octanol–water partition coefficient (Wildman–Crippen LogP) is 4.69. The SMILES string of the molecule is CC1C=C(C(C)C)C(c2ccccc2)=CC1. The summed E-state index contributed by atoms with van der Waals surface area (Å²) in [5, 5.41) is 0. The standard InChI is InChI=1S/C16H20/c1-12(2)16-11-13(3)9-10-15(16)14-7-5-4-6-8-14/h4-8,10-13H,9H2,1-3H3. The fourth-order valence-electron chi connectivity index (χ4n) is 2.29. The molecule has 0 nitrogen and oxygen atoms in total. The molecule has 84 valence electrons. The Kier molecular flexibility index (Phi) is 3.28. The number of hydrogen-bond acceptors (Lipinski definition) is 0. The van der Waals surface area contributed by atoms with Gasteiger partial charge < -0.3 is 0 Å². The van der Waals surface area contributed by atoms with E-state index in [1.807, 2.05) is 0 Å². The van der Waals surface area contributed by atoms with Gasteiger partial charge >= 0.3 is 0 Å². The zero-order chi connectivity index (χ0) is 11.5. The normalized spacial score (nSPS) is 20.6. The van der Waals surface area contributed by atoms with Crippen LogP contribution in [0.1, 0.15) is 32.8 Å². The number of rotatable bonds is 2. The zero-order valence-corrected chi connectivity index (χ0v) is 10.4. The largest absolute Gasteiger partial charge is 0.0773 e. The van der Waals surface area contributed by atoms with E-state index in [4.69, 9.17) is 0 Å². The van der Waals surface area contributed by atoms with Gasteiger partial charge in [0.15, 0.2) is 0 Å². The first-order chi connectivity index (χ1) is 7.68. The molecule has 0 saturated carbocycles. The van der Waals surface area contributed by atoms with Crippen molar-refractivity contribution >= 4 is 5.57 Å². The molecule has 0 N–H and O–H groups in total. The maximum Gasteiger partial charge on any atom is -0.0184 e. The van der Waals surface area contributed by atoms with Gasteiger partial charge in [0.05, 0.1) is 0 Å². The lowest BCUT2D eigenvalue weighted by molar-refractivity contribution is 0.695. The van der Waals surface area contributed by atoms with E-state index in [2.05, 4.69) is 63.3 Å². The Morgan fingerprint density at radius 3 is 2.44 bits per heavy atom. The maximum atomic E-state index is 2.44. The van der Waals surface area contributed by atoms with E-state index in [0.29, 0.717) is 11.8 Å². The van der Waals surface area contributed by atoms with Crippen LogP contribution in [0.2, 0.25) is 0 Å². The van der Waals surface area contributed by atoms with Gasteiger partial charge in [-0.3, -0.25) is 0 Å². The summed E-state index contributed by atoms with van der Waals surface area (Å²) in [4.78, 5) is 0. The second-order valence-electron chi connectivity index (χ2n) is 4.97. The molecule has 0 heterocycles. The molecule has 1 unspecified atom stereocenters. The van der Waals surface area contributed by atoms with Crippen LogP contribution in [0, 0.1) is 11.8 Å². The highest BCUT2D eigenvalue weighted by Gasteiger charge is 2.16. The summed E-state index contributed by atoms with van der Waals surface area (Å²) in [5.41, 5.74) is 4.30. The lowest BCUT2D eigenvalue weighted by atomic mass is 9.82. The average Bonchev–Trinajstić information content (AvgIpc) is 2.30. The molecule has 0 aromatic heterocycles. The van der Waals surface area contributed by atoms with Crippen molar-refractivity contribution in [3.8, 4) is 0 Å². The Morgan fingerprint density at radius 1 is 1.12 bits per heavy atom. The molecule has 0 bridgehead atoms.